The van der Waals surface area contributed by atoms with E-state index in [4.69, 9.17) is 28.9 Å². The van der Waals surface area contributed by atoms with Gasteiger partial charge in [-0.3, -0.25) is 4.79 Å². The minimum atomic E-state index is -0.329. The molecule has 1 atom stereocenters. The number of hydrogen-bond donors (Lipinski definition) is 2. The maximum atomic E-state index is 11.8. The quantitative estimate of drug-likeness (QED) is 0.871. The summed E-state index contributed by atoms with van der Waals surface area (Å²) < 4.78 is 0. The van der Waals surface area contributed by atoms with Crippen LogP contribution in [0.15, 0.2) is 18.2 Å². The zero-order valence-electron chi connectivity index (χ0n) is 11.5. The predicted molar refractivity (Wildman–Crippen MR) is 80.5 cm³/mol. The van der Waals surface area contributed by atoms with Crippen molar-refractivity contribution in [3.8, 4) is 0 Å². The van der Waals surface area contributed by atoms with Crippen molar-refractivity contribution in [2.24, 2.45) is 5.73 Å². The van der Waals surface area contributed by atoms with E-state index < -0.39 is 0 Å². The topological polar surface area (TPSA) is 55.1 Å². The fraction of sp³-hybridized carbons (Fsp3) is 0.500. The van der Waals surface area contributed by atoms with E-state index in [0.29, 0.717) is 22.9 Å². The molecule has 0 fully saturated rings. The van der Waals surface area contributed by atoms with E-state index >= 15 is 0 Å². The number of benzene rings is 1. The second-order valence-electron chi connectivity index (χ2n) is 5.45. The van der Waals surface area contributed by atoms with Gasteiger partial charge in [-0.1, -0.05) is 29.3 Å². The van der Waals surface area contributed by atoms with Crippen LogP contribution in [0.4, 0.5) is 0 Å². The van der Waals surface area contributed by atoms with Crippen molar-refractivity contribution in [3.63, 3.8) is 0 Å². The number of carbonyl (C=O) groups excluding carboxylic acids is 1. The van der Waals surface area contributed by atoms with Gasteiger partial charge >= 0.3 is 0 Å². The molecule has 0 spiro atoms. The lowest BCUT2D eigenvalue weighted by molar-refractivity contribution is -0.122. The number of amides is 1. The zero-order chi connectivity index (χ0) is 14.6. The van der Waals surface area contributed by atoms with Crippen molar-refractivity contribution in [2.75, 3.05) is 0 Å². The highest BCUT2D eigenvalue weighted by Gasteiger charge is 2.15. The summed E-state index contributed by atoms with van der Waals surface area (Å²) in [7, 11) is 0. The van der Waals surface area contributed by atoms with Crippen molar-refractivity contribution >= 4 is 29.1 Å². The van der Waals surface area contributed by atoms with E-state index in [-0.39, 0.29) is 17.5 Å². The lowest BCUT2D eigenvalue weighted by atomic mass is 9.99. The molecule has 0 aromatic heterocycles. The Morgan fingerprint density at radius 1 is 1.37 bits per heavy atom. The molecule has 0 aliphatic carbocycles. The summed E-state index contributed by atoms with van der Waals surface area (Å²) in [5.74, 6) is -0.0166. The molecule has 0 aliphatic rings. The average Bonchev–Trinajstić information content (AvgIpc) is 2.29. The number of carbonyl (C=O) groups is 1. The highest BCUT2D eigenvalue weighted by molar-refractivity contribution is 6.42. The van der Waals surface area contributed by atoms with Crippen molar-refractivity contribution < 1.29 is 4.79 Å². The summed E-state index contributed by atoms with van der Waals surface area (Å²) in [5.41, 5.74) is 6.45. The predicted octanol–water partition coefficient (Wildman–Crippen LogP) is 3.69. The molecule has 0 aliphatic heterocycles. The number of rotatable bonds is 5. The Morgan fingerprint density at radius 2 is 2.00 bits per heavy atom. The normalized spacial score (nSPS) is 13.2. The van der Waals surface area contributed by atoms with Crippen LogP contribution in [0.3, 0.4) is 0 Å². The summed E-state index contributed by atoms with van der Waals surface area (Å²) in [6, 6.07) is 5.24. The molecule has 19 heavy (non-hydrogen) atoms. The van der Waals surface area contributed by atoms with Crippen LogP contribution in [-0.2, 0) is 4.79 Å². The standard InChI is InChI=1S/C14H20Cl2N2O/c1-9(10-4-5-11(15)12(16)8-10)18-13(19)6-7-14(2,3)17/h4-5,8-9H,6-7,17H2,1-3H3,(H,18,19). The first-order chi connectivity index (χ1) is 8.69. The van der Waals surface area contributed by atoms with E-state index in [1.165, 1.54) is 0 Å². The molecule has 1 amide bonds. The highest BCUT2D eigenvalue weighted by atomic mass is 35.5. The number of nitrogens with two attached hydrogens (primary N) is 1. The van der Waals surface area contributed by atoms with E-state index in [9.17, 15) is 4.79 Å². The molecular weight excluding hydrogens is 283 g/mol. The van der Waals surface area contributed by atoms with Gasteiger partial charge in [0.15, 0.2) is 0 Å². The highest BCUT2D eigenvalue weighted by Crippen LogP contribution is 2.25. The van der Waals surface area contributed by atoms with Gasteiger partial charge in [-0.05, 0) is 44.9 Å². The van der Waals surface area contributed by atoms with Crippen molar-refractivity contribution in [1.29, 1.82) is 0 Å². The molecule has 5 heteroatoms. The summed E-state index contributed by atoms with van der Waals surface area (Å²) in [5, 5.41) is 3.92. The molecule has 3 N–H and O–H groups in total. The fourth-order valence-electron chi connectivity index (χ4n) is 1.61. The van der Waals surface area contributed by atoms with Crippen molar-refractivity contribution in [2.45, 2.75) is 45.2 Å². The minimum Gasteiger partial charge on any atom is -0.350 e. The van der Waals surface area contributed by atoms with Gasteiger partial charge in [0, 0.05) is 12.0 Å². The number of halogens is 2. The molecular formula is C14H20Cl2N2O. The summed E-state index contributed by atoms with van der Waals surface area (Å²) in [6.45, 7) is 5.72. The fourth-order valence-corrected chi connectivity index (χ4v) is 1.92. The van der Waals surface area contributed by atoms with E-state index in [0.717, 1.165) is 5.56 Å². The molecule has 0 heterocycles. The molecule has 3 nitrogen and oxygen atoms in total. The van der Waals surface area contributed by atoms with Crippen LogP contribution in [-0.4, -0.2) is 11.4 Å². The third-order valence-corrected chi connectivity index (χ3v) is 3.56. The Labute approximate surface area is 124 Å². The zero-order valence-corrected chi connectivity index (χ0v) is 13.0. The van der Waals surface area contributed by atoms with Crippen LogP contribution in [0.2, 0.25) is 10.0 Å². The maximum Gasteiger partial charge on any atom is 0.220 e. The third-order valence-electron chi connectivity index (χ3n) is 2.82. The van der Waals surface area contributed by atoms with Gasteiger partial charge < -0.3 is 11.1 Å². The van der Waals surface area contributed by atoms with E-state index in [1.807, 2.05) is 26.8 Å². The lowest BCUT2D eigenvalue weighted by Gasteiger charge is -2.19. The van der Waals surface area contributed by atoms with Crippen molar-refractivity contribution in [3.05, 3.63) is 33.8 Å². The van der Waals surface area contributed by atoms with Gasteiger partial charge in [-0.15, -0.1) is 0 Å². The van der Waals surface area contributed by atoms with E-state index in [1.54, 1.807) is 12.1 Å². The average molecular weight is 303 g/mol. The number of hydrogen-bond acceptors (Lipinski definition) is 2. The van der Waals surface area contributed by atoms with Gasteiger partial charge in [-0.25, -0.2) is 0 Å². The summed E-state index contributed by atoms with van der Waals surface area (Å²) >= 11 is 11.8. The molecule has 1 aromatic carbocycles. The Kier molecular flexibility index (Phi) is 5.65. The second kappa shape index (κ2) is 6.60. The third kappa shape index (κ3) is 5.81. The minimum absolute atomic E-state index is 0.0166. The largest absolute Gasteiger partial charge is 0.350 e. The Morgan fingerprint density at radius 3 is 2.53 bits per heavy atom. The summed E-state index contributed by atoms with van der Waals surface area (Å²) in [4.78, 5) is 11.8. The Bertz CT molecular complexity index is 455. The maximum absolute atomic E-state index is 11.8. The first-order valence-corrected chi connectivity index (χ1v) is 6.98. The lowest BCUT2D eigenvalue weighted by Crippen LogP contribution is -2.35. The van der Waals surface area contributed by atoms with Crippen LogP contribution in [0.1, 0.15) is 45.2 Å². The molecule has 106 valence electrons. The van der Waals surface area contributed by atoms with Gasteiger partial charge in [0.2, 0.25) is 5.91 Å². The Hall–Kier alpha value is -0.770. The molecule has 1 rings (SSSR count). The molecule has 0 bridgehead atoms. The van der Waals surface area contributed by atoms with Gasteiger partial charge in [-0.2, -0.15) is 0 Å². The van der Waals surface area contributed by atoms with E-state index in [2.05, 4.69) is 5.32 Å². The smallest absolute Gasteiger partial charge is 0.220 e. The SMILES string of the molecule is CC(NC(=O)CCC(C)(C)N)c1ccc(Cl)c(Cl)c1. The van der Waals surface area contributed by atoms with Gasteiger partial charge in [0.05, 0.1) is 16.1 Å². The first-order valence-electron chi connectivity index (χ1n) is 6.22. The van der Waals surface area contributed by atoms with Gasteiger partial charge in [0.25, 0.3) is 0 Å². The van der Waals surface area contributed by atoms with Crippen LogP contribution >= 0.6 is 23.2 Å². The molecule has 0 saturated heterocycles. The van der Waals surface area contributed by atoms with Crippen molar-refractivity contribution in [1.82, 2.24) is 5.32 Å². The molecule has 0 saturated carbocycles. The monoisotopic (exact) mass is 302 g/mol. The molecule has 1 aromatic rings. The van der Waals surface area contributed by atoms with Crippen LogP contribution in [0.5, 0.6) is 0 Å². The van der Waals surface area contributed by atoms with Crippen LogP contribution in [0, 0.1) is 0 Å². The first kappa shape index (κ1) is 16.3. The van der Waals surface area contributed by atoms with Crippen LogP contribution < -0.4 is 11.1 Å². The second-order valence-corrected chi connectivity index (χ2v) is 6.27. The summed E-state index contributed by atoms with van der Waals surface area (Å²) in [6.07, 6.45) is 1.06. The van der Waals surface area contributed by atoms with Gasteiger partial charge in [0.1, 0.15) is 0 Å². The molecule has 1 unspecified atom stereocenters. The Balaban J connectivity index is 2.56. The molecule has 0 radical (unpaired) electrons. The van der Waals surface area contributed by atoms with Crippen LogP contribution in [0.25, 0.3) is 0 Å². The number of nitrogens with one attached hydrogen (secondary N) is 1.